The van der Waals surface area contributed by atoms with Crippen molar-refractivity contribution in [3.63, 3.8) is 0 Å². The summed E-state index contributed by atoms with van der Waals surface area (Å²) in [7, 11) is -3.66. The van der Waals surface area contributed by atoms with Crippen LogP contribution in [0.3, 0.4) is 0 Å². The molecule has 2 rings (SSSR count). The third kappa shape index (κ3) is 3.03. The molecule has 2 aromatic rings. The lowest BCUT2D eigenvalue weighted by Gasteiger charge is -2.10. The molecule has 0 aliphatic heterocycles. The van der Waals surface area contributed by atoms with Gasteiger partial charge in [0.2, 0.25) is 0 Å². The van der Waals surface area contributed by atoms with Crippen LogP contribution >= 0.6 is 34.2 Å². The molecule has 0 radical (unpaired) electrons. The van der Waals surface area contributed by atoms with Crippen molar-refractivity contribution in [2.45, 2.75) is 18.7 Å². The first-order valence-corrected chi connectivity index (χ1v) is 8.24. The van der Waals surface area contributed by atoms with Crippen molar-refractivity contribution in [1.29, 1.82) is 0 Å². The monoisotopic (exact) mass is 411 g/mol. The molecule has 0 aliphatic carbocycles. The standard InChI is InChI=1S/C11H11ClIN3O2S/c1-6-11(7(2)15-14-6)19(17,18)16-10-4-3-8(12)5-9(10)13/h3-5,16H,1-2H3,(H,14,15). The zero-order valence-electron chi connectivity index (χ0n) is 10.2. The van der Waals surface area contributed by atoms with Crippen LogP contribution in [0.2, 0.25) is 5.02 Å². The molecular formula is C11H11ClIN3O2S. The summed E-state index contributed by atoms with van der Waals surface area (Å²) in [6.07, 6.45) is 0. The largest absolute Gasteiger partial charge is 0.281 e. The van der Waals surface area contributed by atoms with Gasteiger partial charge in [-0.2, -0.15) is 5.10 Å². The van der Waals surface area contributed by atoms with Crippen LogP contribution in [0.1, 0.15) is 11.4 Å². The van der Waals surface area contributed by atoms with Gasteiger partial charge in [-0.3, -0.25) is 9.82 Å². The second-order valence-corrected chi connectivity index (χ2v) is 7.21. The lowest BCUT2D eigenvalue weighted by molar-refractivity contribution is 0.600. The zero-order chi connectivity index (χ0) is 14.2. The van der Waals surface area contributed by atoms with Gasteiger partial charge in [-0.05, 0) is 54.6 Å². The number of anilines is 1. The minimum absolute atomic E-state index is 0.179. The SMILES string of the molecule is Cc1n[nH]c(C)c1S(=O)(=O)Nc1ccc(Cl)cc1I. The van der Waals surface area contributed by atoms with E-state index in [1.807, 2.05) is 22.6 Å². The number of aromatic amines is 1. The second-order valence-electron chi connectivity index (χ2n) is 3.99. The van der Waals surface area contributed by atoms with E-state index in [0.29, 0.717) is 22.1 Å². The number of halogens is 2. The molecule has 1 heterocycles. The first kappa shape index (κ1) is 14.6. The highest BCUT2D eigenvalue weighted by Gasteiger charge is 2.22. The fraction of sp³-hybridized carbons (Fsp3) is 0.182. The predicted molar refractivity (Wildman–Crippen MR) is 83.0 cm³/mol. The maximum atomic E-state index is 12.3. The Hall–Kier alpha value is -0.800. The summed E-state index contributed by atoms with van der Waals surface area (Å²) in [6, 6.07) is 4.96. The molecule has 0 atom stereocenters. The van der Waals surface area contributed by atoms with Crippen LogP contribution in [0.5, 0.6) is 0 Å². The number of hydrogen-bond acceptors (Lipinski definition) is 3. The summed E-state index contributed by atoms with van der Waals surface area (Å²) in [6.45, 7) is 3.31. The highest BCUT2D eigenvalue weighted by Crippen LogP contribution is 2.26. The quantitative estimate of drug-likeness (QED) is 0.762. The molecule has 5 nitrogen and oxygen atoms in total. The van der Waals surface area contributed by atoms with Crippen LogP contribution in [0, 0.1) is 17.4 Å². The van der Waals surface area contributed by atoms with Crippen molar-refractivity contribution >= 4 is 49.9 Å². The molecular weight excluding hydrogens is 401 g/mol. The summed E-state index contributed by atoms with van der Waals surface area (Å²) in [5, 5.41) is 7.11. The van der Waals surface area contributed by atoms with E-state index in [0.717, 1.165) is 3.57 Å². The fourth-order valence-electron chi connectivity index (χ4n) is 1.70. The number of nitrogens with one attached hydrogen (secondary N) is 2. The molecule has 102 valence electrons. The van der Waals surface area contributed by atoms with Gasteiger partial charge in [0.05, 0.1) is 17.1 Å². The minimum atomic E-state index is -3.66. The Kier molecular flexibility index (Phi) is 4.07. The molecule has 0 saturated carbocycles. The molecule has 2 N–H and O–H groups in total. The van der Waals surface area contributed by atoms with Crippen LogP contribution in [-0.2, 0) is 10.0 Å². The fourth-order valence-corrected chi connectivity index (χ4v) is 4.35. The van der Waals surface area contributed by atoms with Crippen LogP contribution in [0.25, 0.3) is 0 Å². The van der Waals surface area contributed by atoms with Gasteiger partial charge in [-0.25, -0.2) is 8.42 Å². The molecule has 8 heteroatoms. The van der Waals surface area contributed by atoms with Gasteiger partial charge in [0.15, 0.2) is 0 Å². The minimum Gasteiger partial charge on any atom is -0.281 e. The molecule has 1 aromatic heterocycles. The molecule has 0 saturated heterocycles. The molecule has 0 unspecified atom stereocenters. The smallest absolute Gasteiger partial charge is 0.265 e. The lowest BCUT2D eigenvalue weighted by atomic mass is 10.3. The van der Waals surface area contributed by atoms with E-state index >= 15 is 0 Å². The third-order valence-corrected chi connectivity index (χ3v) is 5.26. The number of benzene rings is 1. The average Bonchev–Trinajstić information content (AvgIpc) is 2.63. The molecule has 0 spiro atoms. The summed E-state index contributed by atoms with van der Waals surface area (Å²) in [4.78, 5) is 0.179. The van der Waals surface area contributed by atoms with E-state index in [4.69, 9.17) is 11.6 Å². The summed E-state index contributed by atoms with van der Waals surface area (Å²) >= 11 is 7.87. The van der Waals surface area contributed by atoms with Crippen LogP contribution < -0.4 is 4.72 Å². The first-order valence-electron chi connectivity index (χ1n) is 5.30. The average molecular weight is 412 g/mol. The molecule has 1 aromatic carbocycles. The van der Waals surface area contributed by atoms with Gasteiger partial charge in [-0.1, -0.05) is 11.6 Å². The van der Waals surface area contributed by atoms with Gasteiger partial charge in [0.25, 0.3) is 10.0 Å². The Balaban J connectivity index is 2.42. The van der Waals surface area contributed by atoms with Crippen molar-refractivity contribution in [2.75, 3.05) is 4.72 Å². The number of aromatic nitrogens is 2. The third-order valence-electron chi connectivity index (χ3n) is 2.50. The number of H-pyrrole nitrogens is 1. The second kappa shape index (κ2) is 5.29. The number of nitrogens with zero attached hydrogens (tertiary/aromatic N) is 1. The topological polar surface area (TPSA) is 74.8 Å². The van der Waals surface area contributed by atoms with Gasteiger partial charge in [0.1, 0.15) is 4.90 Å². The molecule has 0 aliphatic rings. The number of aryl methyl sites for hydroxylation is 2. The Labute approximate surface area is 129 Å². The maximum Gasteiger partial charge on any atom is 0.265 e. The van der Waals surface area contributed by atoms with Crippen molar-refractivity contribution < 1.29 is 8.42 Å². The normalized spacial score (nSPS) is 11.6. The van der Waals surface area contributed by atoms with E-state index in [-0.39, 0.29) is 4.90 Å². The van der Waals surface area contributed by atoms with Gasteiger partial charge < -0.3 is 0 Å². The van der Waals surface area contributed by atoms with Gasteiger partial charge in [-0.15, -0.1) is 0 Å². The van der Waals surface area contributed by atoms with Crippen LogP contribution in [0.15, 0.2) is 23.1 Å². The molecule has 19 heavy (non-hydrogen) atoms. The molecule has 0 fully saturated rings. The van der Waals surface area contributed by atoms with E-state index in [9.17, 15) is 8.42 Å². The van der Waals surface area contributed by atoms with E-state index in [1.54, 1.807) is 32.0 Å². The van der Waals surface area contributed by atoms with Gasteiger partial charge >= 0.3 is 0 Å². The summed E-state index contributed by atoms with van der Waals surface area (Å²) < 4.78 is 27.9. The van der Waals surface area contributed by atoms with E-state index in [2.05, 4.69) is 14.9 Å². The lowest BCUT2D eigenvalue weighted by Crippen LogP contribution is -2.15. The zero-order valence-corrected chi connectivity index (χ0v) is 13.9. The van der Waals surface area contributed by atoms with Crippen molar-refractivity contribution in [3.05, 3.63) is 38.2 Å². The Morgan fingerprint density at radius 1 is 1.37 bits per heavy atom. The van der Waals surface area contributed by atoms with Crippen molar-refractivity contribution in [1.82, 2.24) is 10.2 Å². The summed E-state index contributed by atoms with van der Waals surface area (Å²) in [5.41, 5.74) is 1.44. The summed E-state index contributed by atoms with van der Waals surface area (Å²) in [5.74, 6) is 0. The van der Waals surface area contributed by atoms with Crippen LogP contribution in [-0.4, -0.2) is 18.6 Å². The van der Waals surface area contributed by atoms with Gasteiger partial charge in [0, 0.05) is 8.59 Å². The van der Waals surface area contributed by atoms with Crippen molar-refractivity contribution in [3.8, 4) is 0 Å². The van der Waals surface area contributed by atoms with E-state index < -0.39 is 10.0 Å². The molecule has 0 bridgehead atoms. The number of hydrogen-bond donors (Lipinski definition) is 2. The maximum absolute atomic E-state index is 12.3. The molecule has 0 amide bonds. The highest BCUT2D eigenvalue weighted by molar-refractivity contribution is 14.1. The van der Waals surface area contributed by atoms with E-state index in [1.165, 1.54) is 0 Å². The number of sulfonamides is 1. The number of rotatable bonds is 3. The first-order chi connectivity index (χ1) is 8.81. The van der Waals surface area contributed by atoms with Crippen LogP contribution in [0.4, 0.5) is 5.69 Å². The van der Waals surface area contributed by atoms with Crippen molar-refractivity contribution in [2.24, 2.45) is 0 Å². The predicted octanol–water partition coefficient (Wildman–Crippen LogP) is 3.09. The Morgan fingerprint density at radius 2 is 2.05 bits per heavy atom. The Morgan fingerprint density at radius 3 is 2.58 bits per heavy atom. The Bertz CT molecular complexity index is 708. The highest BCUT2D eigenvalue weighted by atomic mass is 127.